The molecule has 0 aliphatic carbocycles. The number of benzene rings is 1. The number of rotatable bonds is 3. The molecule has 0 radical (unpaired) electrons. The minimum atomic E-state index is -0.529. The second-order valence-corrected chi connectivity index (χ2v) is 6.28. The third-order valence-corrected chi connectivity index (χ3v) is 4.26. The molecule has 0 bridgehead atoms. The maximum atomic E-state index is 12.8. The SMILES string of the molecule is O=C(c1cc(Cl)ccc1Cl)N1CCCC(Oc2ncc(F)cn2)C1. The van der Waals surface area contributed by atoms with Crippen LogP contribution in [0.2, 0.25) is 10.0 Å². The van der Waals surface area contributed by atoms with Crippen LogP contribution in [0.3, 0.4) is 0 Å². The Labute approximate surface area is 148 Å². The van der Waals surface area contributed by atoms with E-state index in [9.17, 15) is 9.18 Å². The molecule has 1 atom stereocenters. The Hall–Kier alpha value is -1.92. The van der Waals surface area contributed by atoms with E-state index in [2.05, 4.69) is 9.97 Å². The van der Waals surface area contributed by atoms with Gasteiger partial charge < -0.3 is 9.64 Å². The largest absolute Gasteiger partial charge is 0.458 e. The smallest absolute Gasteiger partial charge is 0.316 e. The molecule has 0 N–H and O–H groups in total. The molecule has 1 saturated heterocycles. The van der Waals surface area contributed by atoms with Crippen molar-refractivity contribution in [2.75, 3.05) is 13.1 Å². The summed E-state index contributed by atoms with van der Waals surface area (Å²) in [6.45, 7) is 0.980. The Balaban J connectivity index is 1.69. The van der Waals surface area contributed by atoms with Crippen LogP contribution in [0, 0.1) is 5.82 Å². The Morgan fingerprint density at radius 2 is 2.04 bits per heavy atom. The van der Waals surface area contributed by atoms with E-state index >= 15 is 0 Å². The first-order valence-corrected chi connectivity index (χ1v) is 8.17. The zero-order valence-electron chi connectivity index (χ0n) is 12.6. The summed E-state index contributed by atoms with van der Waals surface area (Å²) in [6.07, 6.45) is 3.36. The molecule has 126 valence electrons. The first kappa shape index (κ1) is 16.9. The Kier molecular flexibility index (Phi) is 5.16. The average Bonchev–Trinajstić information content (AvgIpc) is 2.59. The number of hydrogen-bond donors (Lipinski definition) is 0. The van der Waals surface area contributed by atoms with Crippen molar-refractivity contribution in [3.63, 3.8) is 0 Å². The van der Waals surface area contributed by atoms with Crippen LogP contribution < -0.4 is 4.74 Å². The van der Waals surface area contributed by atoms with Gasteiger partial charge in [0.25, 0.3) is 5.91 Å². The summed E-state index contributed by atoms with van der Waals surface area (Å²) in [5, 5.41) is 0.807. The van der Waals surface area contributed by atoms with Crippen LogP contribution >= 0.6 is 23.2 Å². The summed E-state index contributed by atoms with van der Waals surface area (Å²) in [5.74, 6) is -0.728. The zero-order chi connectivity index (χ0) is 17.1. The fourth-order valence-corrected chi connectivity index (χ4v) is 2.93. The average molecular weight is 370 g/mol. The second-order valence-electron chi connectivity index (χ2n) is 5.44. The van der Waals surface area contributed by atoms with E-state index in [1.165, 1.54) is 0 Å². The lowest BCUT2D eigenvalue weighted by atomic mass is 10.1. The molecule has 1 amide bonds. The molecule has 24 heavy (non-hydrogen) atoms. The molecule has 1 unspecified atom stereocenters. The maximum Gasteiger partial charge on any atom is 0.316 e. The van der Waals surface area contributed by atoms with E-state index in [1.807, 2.05) is 0 Å². The first-order valence-electron chi connectivity index (χ1n) is 7.41. The molecule has 1 aromatic carbocycles. The van der Waals surface area contributed by atoms with Crippen molar-refractivity contribution < 1.29 is 13.9 Å². The number of ether oxygens (including phenoxy) is 1. The van der Waals surface area contributed by atoms with Crippen molar-refractivity contribution in [2.24, 2.45) is 0 Å². The van der Waals surface area contributed by atoms with Gasteiger partial charge in [-0.25, -0.2) is 14.4 Å². The standard InChI is InChI=1S/C16H14Cl2FN3O2/c17-10-3-4-14(18)13(6-10)15(23)22-5-1-2-12(9-22)24-16-20-7-11(19)8-21-16/h3-4,6-8,12H,1-2,5,9H2. The van der Waals surface area contributed by atoms with Crippen molar-refractivity contribution >= 4 is 29.1 Å². The van der Waals surface area contributed by atoms with Gasteiger partial charge in [0.05, 0.1) is 29.5 Å². The lowest BCUT2D eigenvalue weighted by Gasteiger charge is -2.32. The highest BCUT2D eigenvalue weighted by molar-refractivity contribution is 6.35. The van der Waals surface area contributed by atoms with Crippen LogP contribution in [-0.2, 0) is 0 Å². The number of aromatic nitrogens is 2. The van der Waals surface area contributed by atoms with Gasteiger partial charge in [-0.15, -0.1) is 0 Å². The molecular formula is C16H14Cl2FN3O2. The van der Waals surface area contributed by atoms with E-state index < -0.39 is 5.82 Å². The van der Waals surface area contributed by atoms with Crippen molar-refractivity contribution in [1.29, 1.82) is 0 Å². The first-order chi connectivity index (χ1) is 11.5. The van der Waals surface area contributed by atoms with Crippen molar-refractivity contribution in [3.05, 3.63) is 52.0 Å². The van der Waals surface area contributed by atoms with Gasteiger partial charge in [0.2, 0.25) is 0 Å². The minimum absolute atomic E-state index is 0.0940. The maximum absolute atomic E-state index is 12.8. The van der Waals surface area contributed by atoms with Crippen LogP contribution in [0.25, 0.3) is 0 Å². The van der Waals surface area contributed by atoms with E-state index in [4.69, 9.17) is 27.9 Å². The number of hydrogen-bond acceptors (Lipinski definition) is 4. The molecule has 5 nitrogen and oxygen atoms in total. The highest BCUT2D eigenvalue weighted by Crippen LogP contribution is 2.24. The van der Waals surface area contributed by atoms with Gasteiger partial charge in [0.15, 0.2) is 5.82 Å². The van der Waals surface area contributed by atoms with Crippen LogP contribution in [0.4, 0.5) is 4.39 Å². The monoisotopic (exact) mass is 369 g/mol. The summed E-state index contributed by atoms with van der Waals surface area (Å²) in [7, 11) is 0. The third kappa shape index (κ3) is 3.94. The van der Waals surface area contributed by atoms with Gasteiger partial charge >= 0.3 is 6.01 Å². The fourth-order valence-electron chi connectivity index (χ4n) is 2.56. The minimum Gasteiger partial charge on any atom is -0.458 e. The predicted molar refractivity (Wildman–Crippen MR) is 88.0 cm³/mol. The summed E-state index contributed by atoms with van der Waals surface area (Å²) < 4.78 is 18.5. The molecule has 8 heteroatoms. The fraction of sp³-hybridized carbons (Fsp3) is 0.312. The zero-order valence-corrected chi connectivity index (χ0v) is 14.1. The lowest BCUT2D eigenvalue weighted by Crippen LogP contribution is -2.44. The molecule has 3 rings (SSSR count). The van der Waals surface area contributed by atoms with E-state index in [-0.39, 0.29) is 18.0 Å². The molecule has 0 spiro atoms. The van der Waals surface area contributed by atoms with E-state index in [0.29, 0.717) is 28.7 Å². The van der Waals surface area contributed by atoms with Gasteiger partial charge in [-0.2, -0.15) is 0 Å². The quantitative estimate of drug-likeness (QED) is 0.829. The van der Waals surface area contributed by atoms with E-state index in [1.54, 1.807) is 23.1 Å². The molecule has 1 aliphatic heterocycles. The summed E-state index contributed by atoms with van der Waals surface area (Å²) in [4.78, 5) is 21.9. The molecule has 2 heterocycles. The van der Waals surface area contributed by atoms with Crippen LogP contribution in [0.15, 0.2) is 30.6 Å². The van der Waals surface area contributed by atoms with Crippen molar-refractivity contribution in [1.82, 2.24) is 14.9 Å². The number of piperidine rings is 1. The normalized spacial score (nSPS) is 17.6. The number of amides is 1. The van der Waals surface area contributed by atoms with Gasteiger partial charge in [0.1, 0.15) is 6.10 Å². The number of carbonyl (C=O) groups is 1. The molecule has 1 aromatic heterocycles. The Morgan fingerprint density at radius 3 is 2.79 bits per heavy atom. The second kappa shape index (κ2) is 7.32. The number of carbonyl (C=O) groups excluding carboxylic acids is 1. The Bertz CT molecular complexity index is 743. The van der Waals surface area contributed by atoms with E-state index in [0.717, 1.165) is 25.2 Å². The number of halogens is 3. The van der Waals surface area contributed by atoms with Crippen LogP contribution in [0.5, 0.6) is 6.01 Å². The number of nitrogens with zero attached hydrogens (tertiary/aromatic N) is 3. The molecule has 0 saturated carbocycles. The van der Waals surface area contributed by atoms with Gasteiger partial charge in [-0.3, -0.25) is 4.79 Å². The van der Waals surface area contributed by atoms with Gasteiger partial charge in [-0.05, 0) is 31.0 Å². The molecule has 2 aromatic rings. The van der Waals surface area contributed by atoms with Crippen molar-refractivity contribution in [2.45, 2.75) is 18.9 Å². The third-order valence-electron chi connectivity index (χ3n) is 3.69. The highest BCUT2D eigenvalue weighted by atomic mass is 35.5. The molecule has 1 aliphatic rings. The number of likely N-dealkylation sites (tertiary alicyclic amines) is 1. The topological polar surface area (TPSA) is 55.3 Å². The lowest BCUT2D eigenvalue weighted by molar-refractivity contribution is 0.0515. The van der Waals surface area contributed by atoms with Crippen LogP contribution in [-0.4, -0.2) is 40.0 Å². The van der Waals surface area contributed by atoms with Crippen LogP contribution in [0.1, 0.15) is 23.2 Å². The van der Waals surface area contributed by atoms with Gasteiger partial charge in [0, 0.05) is 11.6 Å². The van der Waals surface area contributed by atoms with Crippen molar-refractivity contribution in [3.8, 4) is 6.01 Å². The van der Waals surface area contributed by atoms with Gasteiger partial charge in [-0.1, -0.05) is 23.2 Å². The predicted octanol–water partition coefficient (Wildman–Crippen LogP) is 3.61. The molecule has 1 fully saturated rings. The highest BCUT2D eigenvalue weighted by Gasteiger charge is 2.27. The Morgan fingerprint density at radius 1 is 1.29 bits per heavy atom. The summed E-state index contributed by atoms with van der Waals surface area (Å²) in [6, 6.07) is 4.88. The summed E-state index contributed by atoms with van der Waals surface area (Å²) in [5.41, 5.74) is 0.364. The summed E-state index contributed by atoms with van der Waals surface area (Å²) >= 11 is 12.0. The molecular weight excluding hydrogens is 356 g/mol.